The molecule has 0 atom stereocenters. The first-order chi connectivity index (χ1) is 14.9. The third kappa shape index (κ3) is 6.95. The maximum atomic E-state index is 12.5. The van der Waals surface area contributed by atoms with Crippen LogP contribution in [-0.2, 0) is 9.59 Å². The molecule has 0 heterocycles. The number of rotatable bonds is 7. The molecule has 2 aromatic carbocycles. The topological polar surface area (TPSA) is 84.5 Å². The Morgan fingerprint density at radius 1 is 0.968 bits per heavy atom. The molecule has 0 radical (unpaired) electrons. The molecule has 2 N–H and O–H groups in total. The maximum absolute atomic E-state index is 12.5. The summed E-state index contributed by atoms with van der Waals surface area (Å²) in [7, 11) is 0. The van der Waals surface area contributed by atoms with Gasteiger partial charge in [-0.1, -0.05) is 32.1 Å². The smallest absolute Gasteiger partial charge is 0.308 e. The van der Waals surface area contributed by atoms with E-state index in [9.17, 15) is 14.4 Å². The normalized spacial score (nSPS) is 14.0. The molecule has 2 aromatic rings. The zero-order valence-corrected chi connectivity index (χ0v) is 18.2. The molecule has 6 nitrogen and oxygen atoms in total. The van der Waals surface area contributed by atoms with Crippen molar-refractivity contribution < 1.29 is 19.1 Å². The van der Waals surface area contributed by atoms with Gasteiger partial charge >= 0.3 is 5.97 Å². The van der Waals surface area contributed by atoms with E-state index < -0.39 is 5.97 Å². The number of nitrogens with one attached hydrogen (secondary N) is 2. The number of benzene rings is 2. The summed E-state index contributed by atoms with van der Waals surface area (Å²) in [4.78, 5) is 35.8. The number of esters is 1. The molecule has 0 aliphatic heterocycles. The first-order valence-corrected chi connectivity index (χ1v) is 10.9. The Morgan fingerprint density at radius 3 is 2.32 bits per heavy atom. The lowest BCUT2D eigenvalue weighted by Crippen LogP contribution is -2.15. The van der Waals surface area contributed by atoms with Crippen LogP contribution in [0.25, 0.3) is 0 Å². The fraction of sp³-hybridized carbons (Fsp3) is 0.400. The van der Waals surface area contributed by atoms with E-state index in [0.29, 0.717) is 29.3 Å². The Balaban J connectivity index is 1.53. The second-order valence-corrected chi connectivity index (χ2v) is 8.19. The lowest BCUT2D eigenvalue weighted by atomic mass is 9.86. The van der Waals surface area contributed by atoms with Gasteiger partial charge in [-0.05, 0) is 67.3 Å². The minimum Gasteiger partial charge on any atom is -0.427 e. The predicted molar refractivity (Wildman–Crippen MR) is 121 cm³/mol. The standard InChI is InChI=1S/C25H30N2O4/c1-17-16-21(26-24(29)15-8-19-6-4-3-5-7-19)11-14-23(17)27-25(30)20-9-12-22(13-10-20)31-18(2)28/h9-14,16,19H,3-8,15H2,1-2H3,(H,26,29)(H,27,30). The van der Waals surface area contributed by atoms with Gasteiger partial charge in [0, 0.05) is 30.3 Å². The number of carbonyl (C=O) groups excluding carboxylic acids is 3. The van der Waals surface area contributed by atoms with Crippen molar-refractivity contribution in [2.24, 2.45) is 5.92 Å². The van der Waals surface area contributed by atoms with E-state index in [-0.39, 0.29) is 11.8 Å². The Kier molecular flexibility index (Phi) is 7.82. The van der Waals surface area contributed by atoms with Crippen LogP contribution in [0.3, 0.4) is 0 Å². The lowest BCUT2D eigenvalue weighted by Gasteiger charge is -2.21. The van der Waals surface area contributed by atoms with Crippen molar-refractivity contribution in [2.45, 2.75) is 58.8 Å². The second kappa shape index (κ2) is 10.8. The molecule has 0 bridgehead atoms. The molecule has 164 valence electrons. The molecule has 1 aliphatic rings. The molecule has 1 saturated carbocycles. The molecule has 0 saturated heterocycles. The number of anilines is 2. The summed E-state index contributed by atoms with van der Waals surface area (Å²) >= 11 is 0. The molecule has 0 unspecified atom stereocenters. The SMILES string of the molecule is CC(=O)Oc1ccc(C(=O)Nc2ccc(NC(=O)CCC3CCCCC3)cc2C)cc1. The Labute approximate surface area is 183 Å². The molecular formula is C25H30N2O4. The monoisotopic (exact) mass is 422 g/mol. The minimum atomic E-state index is -0.408. The Morgan fingerprint density at radius 2 is 1.68 bits per heavy atom. The van der Waals surface area contributed by atoms with Crippen LogP contribution in [0.15, 0.2) is 42.5 Å². The highest BCUT2D eigenvalue weighted by atomic mass is 16.5. The molecule has 0 spiro atoms. The molecule has 6 heteroatoms. The highest BCUT2D eigenvalue weighted by molar-refractivity contribution is 6.05. The predicted octanol–water partition coefficient (Wildman–Crippen LogP) is 5.47. The van der Waals surface area contributed by atoms with Crippen molar-refractivity contribution in [3.63, 3.8) is 0 Å². The Bertz CT molecular complexity index is 931. The van der Waals surface area contributed by atoms with Crippen molar-refractivity contribution in [1.29, 1.82) is 0 Å². The second-order valence-electron chi connectivity index (χ2n) is 8.19. The van der Waals surface area contributed by atoms with Crippen LogP contribution in [0, 0.1) is 12.8 Å². The Hall–Kier alpha value is -3.15. The van der Waals surface area contributed by atoms with E-state index in [4.69, 9.17) is 4.74 Å². The maximum Gasteiger partial charge on any atom is 0.308 e. The molecule has 0 aromatic heterocycles. The van der Waals surface area contributed by atoms with Crippen molar-refractivity contribution in [1.82, 2.24) is 0 Å². The molecule has 2 amide bonds. The largest absolute Gasteiger partial charge is 0.427 e. The molecular weight excluding hydrogens is 392 g/mol. The van der Waals surface area contributed by atoms with Crippen molar-refractivity contribution >= 4 is 29.2 Å². The van der Waals surface area contributed by atoms with Gasteiger partial charge in [-0.15, -0.1) is 0 Å². The van der Waals surface area contributed by atoms with E-state index in [2.05, 4.69) is 10.6 Å². The van der Waals surface area contributed by atoms with Crippen LogP contribution in [0.2, 0.25) is 0 Å². The zero-order valence-electron chi connectivity index (χ0n) is 18.2. The molecule has 3 rings (SSSR count). The van der Waals surface area contributed by atoms with Gasteiger partial charge in [-0.3, -0.25) is 14.4 Å². The van der Waals surface area contributed by atoms with E-state index >= 15 is 0 Å². The molecule has 1 fully saturated rings. The van der Waals surface area contributed by atoms with Crippen LogP contribution >= 0.6 is 0 Å². The number of hydrogen-bond donors (Lipinski definition) is 2. The lowest BCUT2D eigenvalue weighted by molar-refractivity contribution is -0.131. The molecule has 1 aliphatic carbocycles. The van der Waals surface area contributed by atoms with Crippen LogP contribution in [-0.4, -0.2) is 17.8 Å². The van der Waals surface area contributed by atoms with Gasteiger partial charge in [0.15, 0.2) is 0 Å². The van der Waals surface area contributed by atoms with Gasteiger partial charge in [-0.2, -0.15) is 0 Å². The number of carbonyl (C=O) groups is 3. The fourth-order valence-corrected chi connectivity index (χ4v) is 3.95. The van der Waals surface area contributed by atoms with Gasteiger partial charge in [0.25, 0.3) is 5.91 Å². The zero-order chi connectivity index (χ0) is 22.2. The van der Waals surface area contributed by atoms with Gasteiger partial charge in [0.1, 0.15) is 5.75 Å². The summed E-state index contributed by atoms with van der Waals surface area (Å²) in [6, 6.07) is 11.8. The first kappa shape index (κ1) is 22.5. The van der Waals surface area contributed by atoms with Gasteiger partial charge < -0.3 is 15.4 Å². The summed E-state index contributed by atoms with van der Waals surface area (Å²) in [5, 5.41) is 5.84. The number of aryl methyl sites for hydroxylation is 1. The summed E-state index contributed by atoms with van der Waals surface area (Å²) in [5.41, 5.74) is 2.72. The average Bonchev–Trinajstić information content (AvgIpc) is 2.75. The van der Waals surface area contributed by atoms with E-state index in [1.165, 1.54) is 39.0 Å². The van der Waals surface area contributed by atoms with Crippen molar-refractivity contribution in [2.75, 3.05) is 10.6 Å². The third-order valence-electron chi connectivity index (χ3n) is 5.64. The highest BCUT2D eigenvalue weighted by Crippen LogP contribution is 2.27. The van der Waals surface area contributed by atoms with E-state index in [1.807, 2.05) is 13.0 Å². The number of amides is 2. The van der Waals surface area contributed by atoms with Crippen molar-refractivity contribution in [3.8, 4) is 5.75 Å². The van der Waals surface area contributed by atoms with E-state index in [0.717, 1.165) is 17.7 Å². The number of hydrogen-bond acceptors (Lipinski definition) is 4. The quantitative estimate of drug-likeness (QED) is 0.458. The van der Waals surface area contributed by atoms with Crippen molar-refractivity contribution in [3.05, 3.63) is 53.6 Å². The van der Waals surface area contributed by atoms with E-state index in [1.54, 1.807) is 36.4 Å². The van der Waals surface area contributed by atoms with Crippen LogP contribution in [0.4, 0.5) is 11.4 Å². The van der Waals surface area contributed by atoms with Crippen LogP contribution in [0.5, 0.6) is 5.75 Å². The fourth-order valence-electron chi connectivity index (χ4n) is 3.95. The highest BCUT2D eigenvalue weighted by Gasteiger charge is 2.15. The summed E-state index contributed by atoms with van der Waals surface area (Å²) in [5.74, 6) is 0.441. The summed E-state index contributed by atoms with van der Waals surface area (Å²) < 4.78 is 4.98. The third-order valence-corrected chi connectivity index (χ3v) is 5.64. The minimum absolute atomic E-state index is 0.0367. The summed E-state index contributed by atoms with van der Waals surface area (Å²) in [6.07, 6.45) is 7.88. The summed E-state index contributed by atoms with van der Waals surface area (Å²) in [6.45, 7) is 3.21. The van der Waals surface area contributed by atoms with Crippen LogP contribution < -0.4 is 15.4 Å². The number of ether oxygens (including phenoxy) is 1. The average molecular weight is 423 g/mol. The van der Waals surface area contributed by atoms with Gasteiger partial charge in [-0.25, -0.2) is 0 Å². The first-order valence-electron chi connectivity index (χ1n) is 10.9. The molecule has 31 heavy (non-hydrogen) atoms. The van der Waals surface area contributed by atoms with Gasteiger partial charge in [0.2, 0.25) is 5.91 Å². The van der Waals surface area contributed by atoms with Gasteiger partial charge in [0.05, 0.1) is 0 Å². The van der Waals surface area contributed by atoms with Crippen LogP contribution in [0.1, 0.15) is 67.8 Å².